The van der Waals surface area contributed by atoms with E-state index in [0.717, 1.165) is 5.56 Å². The number of piperidine rings is 1. The molecule has 0 aliphatic carbocycles. The Hall–Kier alpha value is -3.81. The van der Waals surface area contributed by atoms with Gasteiger partial charge in [-0.1, -0.05) is 23.8 Å². The van der Waals surface area contributed by atoms with E-state index in [4.69, 9.17) is 9.47 Å². The second kappa shape index (κ2) is 10.4. The van der Waals surface area contributed by atoms with Gasteiger partial charge in [0.15, 0.2) is 11.5 Å². The summed E-state index contributed by atoms with van der Waals surface area (Å²) >= 11 is 0. The summed E-state index contributed by atoms with van der Waals surface area (Å²) in [6, 6.07) is 11.7. The van der Waals surface area contributed by atoms with E-state index < -0.39 is 6.04 Å². The molecule has 1 saturated heterocycles. The van der Waals surface area contributed by atoms with Gasteiger partial charge in [0.2, 0.25) is 12.7 Å². The van der Waals surface area contributed by atoms with Crippen molar-refractivity contribution in [2.75, 3.05) is 26.4 Å². The molecule has 0 saturated carbocycles. The highest BCUT2D eigenvalue weighted by molar-refractivity contribution is 5.98. The van der Waals surface area contributed by atoms with Crippen molar-refractivity contribution >= 4 is 17.7 Å². The van der Waals surface area contributed by atoms with Gasteiger partial charge in [-0.05, 0) is 56.0 Å². The molecule has 1 unspecified atom stereocenters. The molecule has 0 bridgehead atoms. The van der Waals surface area contributed by atoms with Crippen molar-refractivity contribution in [3.63, 3.8) is 0 Å². The van der Waals surface area contributed by atoms with Crippen LogP contribution in [-0.2, 0) is 4.79 Å². The van der Waals surface area contributed by atoms with Crippen molar-refractivity contribution in [1.29, 1.82) is 0 Å². The summed E-state index contributed by atoms with van der Waals surface area (Å²) in [4.78, 5) is 40.6. The van der Waals surface area contributed by atoms with E-state index in [1.165, 1.54) is 0 Å². The van der Waals surface area contributed by atoms with Crippen molar-refractivity contribution in [3.8, 4) is 11.5 Å². The maximum absolute atomic E-state index is 13.0. The fourth-order valence-electron chi connectivity index (χ4n) is 4.34. The van der Waals surface area contributed by atoms with Crippen LogP contribution < -0.4 is 20.1 Å². The zero-order valence-electron chi connectivity index (χ0n) is 19.2. The minimum absolute atomic E-state index is 0.0146. The zero-order chi connectivity index (χ0) is 24.1. The number of rotatable bonds is 7. The number of hydrogen-bond acceptors (Lipinski definition) is 5. The summed E-state index contributed by atoms with van der Waals surface area (Å²) in [5.74, 6) is 0.335. The van der Waals surface area contributed by atoms with Crippen LogP contribution in [-0.4, -0.2) is 55.1 Å². The Balaban J connectivity index is 1.44. The van der Waals surface area contributed by atoms with Crippen LogP contribution in [0.4, 0.5) is 0 Å². The fourth-order valence-corrected chi connectivity index (χ4v) is 4.34. The first-order valence-corrected chi connectivity index (χ1v) is 11.4. The number of carbonyl (C=O) groups is 3. The third-order valence-corrected chi connectivity index (χ3v) is 6.19. The molecule has 34 heavy (non-hydrogen) atoms. The quantitative estimate of drug-likeness (QED) is 0.616. The number of nitrogens with one attached hydrogen (secondary N) is 2. The molecule has 8 nitrogen and oxygen atoms in total. The molecule has 1 atom stereocenters. The summed E-state index contributed by atoms with van der Waals surface area (Å²) in [5, 5.41) is 5.70. The van der Waals surface area contributed by atoms with Crippen LogP contribution >= 0.6 is 0 Å². The molecule has 8 heteroatoms. The van der Waals surface area contributed by atoms with Gasteiger partial charge in [0.1, 0.15) is 6.04 Å². The van der Waals surface area contributed by atoms with Crippen molar-refractivity contribution in [2.45, 2.75) is 25.8 Å². The Morgan fingerprint density at radius 3 is 2.59 bits per heavy atom. The summed E-state index contributed by atoms with van der Waals surface area (Å²) in [6.07, 6.45) is 2.80. The molecule has 1 fully saturated rings. The van der Waals surface area contributed by atoms with Crippen LogP contribution in [0.2, 0.25) is 0 Å². The molecular formula is C26H29N3O5. The molecular weight excluding hydrogens is 434 g/mol. The van der Waals surface area contributed by atoms with E-state index in [1.54, 1.807) is 24.3 Å². The van der Waals surface area contributed by atoms with Crippen molar-refractivity contribution in [2.24, 2.45) is 5.92 Å². The van der Waals surface area contributed by atoms with E-state index in [1.807, 2.05) is 36.1 Å². The smallest absolute Gasteiger partial charge is 0.253 e. The molecule has 178 valence electrons. The van der Waals surface area contributed by atoms with E-state index >= 15 is 0 Å². The lowest BCUT2D eigenvalue weighted by molar-refractivity contribution is -0.124. The van der Waals surface area contributed by atoms with Gasteiger partial charge < -0.3 is 25.0 Å². The summed E-state index contributed by atoms with van der Waals surface area (Å²) in [7, 11) is 0. The minimum atomic E-state index is -0.728. The van der Waals surface area contributed by atoms with Crippen LogP contribution in [0.3, 0.4) is 0 Å². The highest BCUT2D eigenvalue weighted by Gasteiger charge is 2.34. The number of nitrogens with zero attached hydrogens (tertiary/aromatic N) is 1. The number of likely N-dealkylation sites (tertiary alicyclic amines) is 1. The molecule has 3 amide bonds. The number of hydrogen-bond donors (Lipinski definition) is 2. The molecule has 2 aromatic rings. The highest BCUT2D eigenvalue weighted by Crippen LogP contribution is 2.32. The Labute approximate surface area is 198 Å². The average molecular weight is 464 g/mol. The summed E-state index contributed by atoms with van der Waals surface area (Å²) in [5.41, 5.74) is 2.08. The maximum atomic E-state index is 13.0. The van der Waals surface area contributed by atoms with Gasteiger partial charge in [-0.2, -0.15) is 0 Å². The maximum Gasteiger partial charge on any atom is 0.253 e. The molecule has 2 N–H and O–H groups in total. The molecule has 2 aliphatic rings. The Morgan fingerprint density at radius 2 is 1.85 bits per heavy atom. The first-order valence-electron chi connectivity index (χ1n) is 11.4. The van der Waals surface area contributed by atoms with Crippen LogP contribution in [0.15, 0.2) is 55.1 Å². The first kappa shape index (κ1) is 23.4. The molecule has 4 rings (SSSR count). The van der Waals surface area contributed by atoms with Gasteiger partial charge in [-0.15, -0.1) is 6.58 Å². The predicted molar refractivity (Wildman–Crippen MR) is 127 cm³/mol. The molecule has 2 aromatic carbocycles. The molecule has 2 aliphatic heterocycles. The van der Waals surface area contributed by atoms with Gasteiger partial charge in [-0.25, -0.2) is 0 Å². The van der Waals surface area contributed by atoms with E-state index in [0.29, 0.717) is 55.1 Å². The van der Waals surface area contributed by atoms with Crippen LogP contribution in [0.5, 0.6) is 11.5 Å². The molecule has 2 heterocycles. The minimum Gasteiger partial charge on any atom is -0.454 e. The number of benzene rings is 2. The lowest BCUT2D eigenvalue weighted by Crippen LogP contribution is -2.53. The number of fused-ring (bicyclic) bond motifs is 1. The SMILES string of the molecule is C=CCNC(=O)C(NC(=O)c1ccc2c(c1)OCO2)C1CCN(C(=O)c2cccc(C)c2)CC1. The second-order valence-corrected chi connectivity index (χ2v) is 8.55. The predicted octanol–water partition coefficient (Wildman–Crippen LogP) is 2.68. The van der Waals surface area contributed by atoms with Gasteiger partial charge in [0.05, 0.1) is 0 Å². The molecule has 0 aromatic heterocycles. The zero-order valence-corrected chi connectivity index (χ0v) is 19.2. The highest BCUT2D eigenvalue weighted by atomic mass is 16.7. The average Bonchev–Trinajstić information content (AvgIpc) is 3.33. The van der Waals surface area contributed by atoms with E-state index in [9.17, 15) is 14.4 Å². The van der Waals surface area contributed by atoms with Gasteiger partial charge in [0.25, 0.3) is 11.8 Å². The van der Waals surface area contributed by atoms with Gasteiger partial charge in [-0.3, -0.25) is 14.4 Å². The van der Waals surface area contributed by atoms with Crippen LogP contribution in [0.25, 0.3) is 0 Å². The van der Waals surface area contributed by atoms with E-state index in [2.05, 4.69) is 17.2 Å². The van der Waals surface area contributed by atoms with Crippen molar-refractivity contribution in [1.82, 2.24) is 15.5 Å². The standard InChI is InChI=1S/C26H29N3O5/c1-3-11-27-25(31)23(28-24(30)19-7-8-21-22(15-19)34-16-33-21)18-9-12-29(13-10-18)26(32)20-6-4-5-17(2)14-20/h3-8,14-15,18,23H,1,9-13,16H2,2H3,(H,27,31)(H,28,30). The Kier molecular flexibility index (Phi) is 7.15. The Morgan fingerprint density at radius 1 is 1.09 bits per heavy atom. The molecule has 0 radical (unpaired) electrons. The van der Waals surface area contributed by atoms with Gasteiger partial charge in [0, 0.05) is 30.8 Å². The fraction of sp³-hybridized carbons (Fsp3) is 0.346. The normalized spacial score (nSPS) is 16.0. The third-order valence-electron chi connectivity index (χ3n) is 6.19. The van der Waals surface area contributed by atoms with Crippen molar-refractivity contribution in [3.05, 3.63) is 71.8 Å². The van der Waals surface area contributed by atoms with Gasteiger partial charge >= 0.3 is 0 Å². The summed E-state index contributed by atoms with van der Waals surface area (Å²) < 4.78 is 10.7. The lowest BCUT2D eigenvalue weighted by atomic mass is 9.88. The second-order valence-electron chi connectivity index (χ2n) is 8.55. The summed E-state index contributed by atoms with van der Waals surface area (Å²) in [6.45, 7) is 7.05. The third kappa shape index (κ3) is 5.22. The number of aryl methyl sites for hydroxylation is 1. The monoisotopic (exact) mass is 463 g/mol. The topological polar surface area (TPSA) is 97.0 Å². The number of ether oxygens (including phenoxy) is 2. The lowest BCUT2D eigenvalue weighted by Gasteiger charge is -2.36. The number of carbonyl (C=O) groups excluding carboxylic acids is 3. The Bertz CT molecular complexity index is 1090. The molecule has 0 spiro atoms. The largest absolute Gasteiger partial charge is 0.454 e. The first-order chi connectivity index (χ1) is 16.5. The number of amides is 3. The van der Waals surface area contributed by atoms with Crippen LogP contribution in [0, 0.1) is 12.8 Å². The van der Waals surface area contributed by atoms with Crippen LogP contribution in [0.1, 0.15) is 39.1 Å². The van der Waals surface area contributed by atoms with E-state index in [-0.39, 0.29) is 30.4 Å². The van der Waals surface area contributed by atoms with Crippen molar-refractivity contribution < 1.29 is 23.9 Å².